The summed E-state index contributed by atoms with van der Waals surface area (Å²) in [6.45, 7) is 1.94. The lowest BCUT2D eigenvalue weighted by Crippen LogP contribution is -2.16. The second kappa shape index (κ2) is 5.92. The number of nitrogens with zero attached hydrogens (tertiary/aromatic N) is 1. The molecule has 0 bridgehead atoms. The van der Waals surface area contributed by atoms with Crippen molar-refractivity contribution >= 4 is 21.8 Å². The van der Waals surface area contributed by atoms with E-state index in [-0.39, 0.29) is 17.1 Å². The van der Waals surface area contributed by atoms with Crippen LogP contribution in [-0.2, 0) is 0 Å². The number of hydrogen-bond acceptors (Lipinski definition) is 3. The van der Waals surface area contributed by atoms with Gasteiger partial charge in [0.15, 0.2) is 5.84 Å². The van der Waals surface area contributed by atoms with Gasteiger partial charge in [-0.1, -0.05) is 17.3 Å². The molecule has 0 heterocycles. The molecule has 0 aromatic heterocycles. The minimum absolute atomic E-state index is 0.0810. The average Bonchev–Trinajstić information content (AvgIpc) is 2.41. The van der Waals surface area contributed by atoms with Crippen LogP contribution in [0.4, 0.5) is 4.39 Å². The molecule has 0 unspecified atom stereocenters. The summed E-state index contributed by atoms with van der Waals surface area (Å²) in [6, 6.07) is 9.73. The zero-order valence-electron chi connectivity index (χ0n) is 10.6. The van der Waals surface area contributed by atoms with Gasteiger partial charge in [-0.25, -0.2) is 4.39 Å². The minimum Gasteiger partial charge on any atom is -0.455 e. The van der Waals surface area contributed by atoms with Gasteiger partial charge in [0, 0.05) is 0 Å². The van der Waals surface area contributed by atoms with Crippen LogP contribution in [0.3, 0.4) is 0 Å². The van der Waals surface area contributed by atoms with E-state index in [4.69, 9.17) is 15.7 Å². The van der Waals surface area contributed by atoms with Gasteiger partial charge in [0.05, 0.1) is 10.0 Å². The number of nitrogens with two attached hydrogens (primary N) is 1. The van der Waals surface area contributed by atoms with Crippen molar-refractivity contribution in [3.05, 3.63) is 57.8 Å². The summed E-state index contributed by atoms with van der Waals surface area (Å²) < 4.78 is 20.2. The van der Waals surface area contributed by atoms with Crippen molar-refractivity contribution in [3.8, 4) is 11.5 Å². The molecule has 4 nitrogen and oxygen atoms in total. The average molecular weight is 339 g/mol. The van der Waals surface area contributed by atoms with Crippen molar-refractivity contribution in [2.24, 2.45) is 10.9 Å². The molecule has 2 aromatic carbocycles. The Kier molecular flexibility index (Phi) is 4.24. The van der Waals surface area contributed by atoms with E-state index in [0.717, 1.165) is 10.0 Å². The number of amidine groups is 1. The van der Waals surface area contributed by atoms with E-state index >= 15 is 0 Å². The molecule has 20 heavy (non-hydrogen) atoms. The fourth-order valence-electron chi connectivity index (χ4n) is 1.70. The van der Waals surface area contributed by atoms with E-state index in [0.29, 0.717) is 5.75 Å². The van der Waals surface area contributed by atoms with Crippen molar-refractivity contribution < 1.29 is 14.3 Å². The predicted octanol–water partition coefficient (Wildman–Crippen LogP) is 3.78. The highest BCUT2D eigenvalue weighted by atomic mass is 79.9. The van der Waals surface area contributed by atoms with E-state index in [2.05, 4.69) is 21.1 Å². The molecule has 2 rings (SSSR count). The maximum Gasteiger partial charge on any atom is 0.176 e. The van der Waals surface area contributed by atoms with Gasteiger partial charge < -0.3 is 15.7 Å². The highest BCUT2D eigenvalue weighted by Crippen LogP contribution is 2.32. The van der Waals surface area contributed by atoms with Crippen molar-refractivity contribution in [3.63, 3.8) is 0 Å². The van der Waals surface area contributed by atoms with E-state index in [9.17, 15) is 4.39 Å². The lowest BCUT2D eigenvalue weighted by Gasteiger charge is -2.12. The van der Waals surface area contributed by atoms with Crippen molar-refractivity contribution in [2.45, 2.75) is 6.92 Å². The molecule has 0 aliphatic carbocycles. The highest BCUT2D eigenvalue weighted by Gasteiger charge is 2.15. The Bertz CT molecular complexity index is 674. The van der Waals surface area contributed by atoms with Gasteiger partial charge in [0.1, 0.15) is 17.3 Å². The first-order chi connectivity index (χ1) is 9.52. The van der Waals surface area contributed by atoms with Gasteiger partial charge in [-0.05, 0) is 52.7 Å². The molecule has 0 aliphatic rings. The van der Waals surface area contributed by atoms with Crippen molar-refractivity contribution in [1.29, 1.82) is 0 Å². The molecule has 0 fully saturated rings. The molecule has 0 atom stereocenters. The van der Waals surface area contributed by atoms with Crippen LogP contribution in [-0.4, -0.2) is 11.0 Å². The maximum atomic E-state index is 13.8. The molecule has 0 saturated carbocycles. The van der Waals surface area contributed by atoms with Crippen LogP contribution in [0.15, 0.2) is 46.0 Å². The number of rotatable bonds is 3. The van der Waals surface area contributed by atoms with Crippen LogP contribution in [0, 0.1) is 12.7 Å². The normalized spacial score (nSPS) is 11.4. The number of benzene rings is 2. The topological polar surface area (TPSA) is 67.8 Å². The monoisotopic (exact) mass is 338 g/mol. The molecule has 0 amide bonds. The standard InChI is InChI=1S/C14H12BrFN2O2/c1-8-5-6-11(9(15)7-8)20-12-4-2-3-10(16)13(12)14(17)18-19/h2-7,19H,1H3,(H2,17,18). The second-order valence-electron chi connectivity index (χ2n) is 4.13. The van der Waals surface area contributed by atoms with E-state index in [1.807, 2.05) is 19.1 Å². The molecule has 0 saturated heterocycles. The van der Waals surface area contributed by atoms with Gasteiger partial charge in [0.25, 0.3) is 0 Å². The van der Waals surface area contributed by atoms with E-state index in [1.165, 1.54) is 12.1 Å². The smallest absolute Gasteiger partial charge is 0.176 e. The third-order valence-electron chi connectivity index (χ3n) is 2.65. The van der Waals surface area contributed by atoms with Crippen LogP contribution in [0.5, 0.6) is 11.5 Å². The lowest BCUT2D eigenvalue weighted by atomic mass is 10.1. The Morgan fingerprint density at radius 1 is 1.30 bits per heavy atom. The van der Waals surface area contributed by atoms with Crippen LogP contribution in [0.1, 0.15) is 11.1 Å². The van der Waals surface area contributed by atoms with Gasteiger partial charge in [-0.2, -0.15) is 0 Å². The summed E-state index contributed by atoms with van der Waals surface area (Å²) in [5.41, 5.74) is 6.45. The maximum absolute atomic E-state index is 13.8. The minimum atomic E-state index is -0.624. The lowest BCUT2D eigenvalue weighted by molar-refractivity contribution is 0.318. The molecule has 2 aromatic rings. The first-order valence-electron chi connectivity index (χ1n) is 5.73. The SMILES string of the molecule is Cc1ccc(Oc2cccc(F)c2C(N)=NO)c(Br)c1. The Labute approximate surface area is 123 Å². The zero-order valence-corrected chi connectivity index (χ0v) is 12.2. The van der Waals surface area contributed by atoms with Gasteiger partial charge in [-0.3, -0.25) is 0 Å². The van der Waals surface area contributed by atoms with Gasteiger partial charge in [0.2, 0.25) is 0 Å². The number of halogens is 2. The summed E-state index contributed by atoms with van der Waals surface area (Å²) in [5, 5.41) is 11.5. The third kappa shape index (κ3) is 2.91. The first kappa shape index (κ1) is 14.3. The molecular formula is C14H12BrFN2O2. The zero-order chi connectivity index (χ0) is 14.7. The Morgan fingerprint density at radius 3 is 2.70 bits per heavy atom. The largest absolute Gasteiger partial charge is 0.455 e. The summed E-state index contributed by atoms with van der Waals surface area (Å²) in [5.74, 6) is -0.291. The summed E-state index contributed by atoms with van der Waals surface area (Å²) in [6.07, 6.45) is 0. The molecule has 3 N–H and O–H groups in total. The number of ether oxygens (including phenoxy) is 1. The molecule has 6 heteroatoms. The summed E-state index contributed by atoms with van der Waals surface area (Å²) in [7, 11) is 0. The Hall–Kier alpha value is -2.08. The fourth-order valence-corrected chi connectivity index (χ4v) is 2.27. The van der Waals surface area contributed by atoms with E-state index < -0.39 is 5.82 Å². The molecule has 0 radical (unpaired) electrons. The Balaban J connectivity index is 2.46. The number of hydrogen-bond donors (Lipinski definition) is 2. The van der Waals surface area contributed by atoms with Crippen LogP contribution >= 0.6 is 15.9 Å². The Morgan fingerprint density at radius 2 is 2.05 bits per heavy atom. The quantitative estimate of drug-likeness (QED) is 0.387. The van der Waals surface area contributed by atoms with Crippen LogP contribution in [0.2, 0.25) is 0 Å². The van der Waals surface area contributed by atoms with Crippen molar-refractivity contribution in [1.82, 2.24) is 0 Å². The number of aryl methyl sites for hydroxylation is 1. The predicted molar refractivity (Wildman–Crippen MR) is 77.9 cm³/mol. The molecular weight excluding hydrogens is 327 g/mol. The van der Waals surface area contributed by atoms with Crippen molar-refractivity contribution in [2.75, 3.05) is 0 Å². The van der Waals surface area contributed by atoms with Crippen LogP contribution < -0.4 is 10.5 Å². The molecule has 0 spiro atoms. The van der Waals surface area contributed by atoms with Crippen LogP contribution in [0.25, 0.3) is 0 Å². The van der Waals surface area contributed by atoms with E-state index in [1.54, 1.807) is 12.1 Å². The number of oxime groups is 1. The highest BCUT2D eigenvalue weighted by molar-refractivity contribution is 9.10. The summed E-state index contributed by atoms with van der Waals surface area (Å²) >= 11 is 3.37. The first-order valence-corrected chi connectivity index (χ1v) is 6.52. The summed E-state index contributed by atoms with van der Waals surface area (Å²) in [4.78, 5) is 0. The fraction of sp³-hybridized carbons (Fsp3) is 0.0714. The molecule has 104 valence electrons. The second-order valence-corrected chi connectivity index (χ2v) is 4.99. The molecule has 0 aliphatic heterocycles. The van der Waals surface area contributed by atoms with Gasteiger partial charge in [-0.15, -0.1) is 0 Å². The van der Waals surface area contributed by atoms with Gasteiger partial charge >= 0.3 is 0 Å². The third-order valence-corrected chi connectivity index (χ3v) is 3.27.